The molecule has 0 aromatic heterocycles. The Balaban J connectivity index is 1.78. The number of carboxylic acids is 1. The largest absolute Gasteiger partial charge is 0.481 e. The highest BCUT2D eigenvalue weighted by molar-refractivity contribution is 5.66. The van der Waals surface area contributed by atoms with Gasteiger partial charge in [-0.2, -0.15) is 0 Å². The minimum Gasteiger partial charge on any atom is -0.481 e. The van der Waals surface area contributed by atoms with Crippen LogP contribution in [0.5, 0.6) is 0 Å². The summed E-state index contributed by atoms with van der Waals surface area (Å²) in [6.45, 7) is 5.23. The van der Waals surface area contributed by atoms with Crippen LogP contribution in [0.15, 0.2) is 24.3 Å². The highest BCUT2D eigenvalue weighted by Gasteiger charge is 2.22. The first kappa shape index (κ1) is 13.1. The molecule has 98 valence electrons. The molecule has 1 aromatic carbocycles. The molecule has 1 fully saturated rings. The summed E-state index contributed by atoms with van der Waals surface area (Å²) in [5, 5.41) is 8.69. The van der Waals surface area contributed by atoms with Crippen molar-refractivity contribution in [1.82, 2.24) is 4.90 Å². The maximum absolute atomic E-state index is 10.5. The molecular weight excluding hydrogens is 226 g/mol. The normalized spacial score (nSPS) is 20.2. The lowest BCUT2D eigenvalue weighted by molar-refractivity contribution is -0.137. The lowest BCUT2D eigenvalue weighted by Gasteiger charge is -2.16. The van der Waals surface area contributed by atoms with Crippen molar-refractivity contribution >= 4 is 5.97 Å². The Morgan fingerprint density at radius 3 is 2.78 bits per heavy atom. The number of aryl methyl sites for hydroxylation is 1. The molecule has 3 nitrogen and oxygen atoms in total. The van der Waals surface area contributed by atoms with E-state index < -0.39 is 5.97 Å². The molecule has 1 aromatic rings. The standard InChI is InChI=1S/C15H21NO2/c1-12-2-4-13(5-3-12)10-16-9-8-14(11-16)6-7-15(17)18/h2-5,14H,6-11H2,1H3,(H,17,18). The van der Waals surface area contributed by atoms with Crippen LogP contribution in [0.4, 0.5) is 0 Å². The van der Waals surface area contributed by atoms with Crippen molar-refractivity contribution in [2.24, 2.45) is 5.92 Å². The van der Waals surface area contributed by atoms with Gasteiger partial charge in [-0.15, -0.1) is 0 Å². The van der Waals surface area contributed by atoms with Crippen LogP contribution in [-0.4, -0.2) is 29.1 Å². The van der Waals surface area contributed by atoms with E-state index >= 15 is 0 Å². The maximum atomic E-state index is 10.5. The van der Waals surface area contributed by atoms with E-state index in [4.69, 9.17) is 5.11 Å². The van der Waals surface area contributed by atoms with E-state index in [9.17, 15) is 4.79 Å². The summed E-state index contributed by atoms with van der Waals surface area (Å²) < 4.78 is 0. The second-order valence-electron chi connectivity index (χ2n) is 5.31. The van der Waals surface area contributed by atoms with E-state index in [1.807, 2.05) is 0 Å². The topological polar surface area (TPSA) is 40.5 Å². The second kappa shape index (κ2) is 6.01. The summed E-state index contributed by atoms with van der Waals surface area (Å²) in [6, 6.07) is 8.65. The van der Waals surface area contributed by atoms with Crippen molar-refractivity contribution < 1.29 is 9.90 Å². The Kier molecular flexibility index (Phi) is 4.37. The average molecular weight is 247 g/mol. The average Bonchev–Trinajstić information content (AvgIpc) is 2.77. The predicted molar refractivity (Wildman–Crippen MR) is 71.4 cm³/mol. The third-order valence-electron chi connectivity index (χ3n) is 3.66. The Bertz CT molecular complexity index is 399. The molecule has 1 unspecified atom stereocenters. The highest BCUT2D eigenvalue weighted by Crippen LogP contribution is 2.22. The molecule has 18 heavy (non-hydrogen) atoms. The molecule has 0 spiro atoms. The number of carboxylic acid groups (broad SMARTS) is 1. The molecule has 0 amide bonds. The van der Waals surface area contributed by atoms with Gasteiger partial charge >= 0.3 is 5.97 Å². The number of benzene rings is 1. The van der Waals surface area contributed by atoms with Crippen molar-refractivity contribution in [3.8, 4) is 0 Å². The summed E-state index contributed by atoms with van der Waals surface area (Å²) in [5.41, 5.74) is 2.64. The summed E-state index contributed by atoms with van der Waals surface area (Å²) in [6.07, 6.45) is 2.27. The van der Waals surface area contributed by atoms with Gasteiger partial charge in [0.2, 0.25) is 0 Å². The third kappa shape index (κ3) is 3.84. The fourth-order valence-corrected chi connectivity index (χ4v) is 2.57. The van der Waals surface area contributed by atoms with Crippen molar-refractivity contribution in [3.63, 3.8) is 0 Å². The molecule has 1 heterocycles. The van der Waals surface area contributed by atoms with E-state index in [1.54, 1.807) is 0 Å². The number of aliphatic carboxylic acids is 1. The van der Waals surface area contributed by atoms with Crippen molar-refractivity contribution in [2.45, 2.75) is 32.7 Å². The fourth-order valence-electron chi connectivity index (χ4n) is 2.57. The van der Waals surface area contributed by atoms with Gasteiger partial charge in [0, 0.05) is 19.5 Å². The minimum atomic E-state index is -0.674. The van der Waals surface area contributed by atoms with Gasteiger partial charge in [0.25, 0.3) is 0 Å². The van der Waals surface area contributed by atoms with Gasteiger partial charge in [-0.05, 0) is 37.8 Å². The van der Waals surface area contributed by atoms with Crippen LogP contribution in [0.25, 0.3) is 0 Å². The zero-order valence-corrected chi connectivity index (χ0v) is 10.9. The van der Waals surface area contributed by atoms with Crippen LogP contribution < -0.4 is 0 Å². The molecular formula is C15H21NO2. The molecule has 1 saturated heterocycles. The van der Waals surface area contributed by atoms with Crippen LogP contribution in [0, 0.1) is 12.8 Å². The molecule has 1 aliphatic heterocycles. The first-order valence-corrected chi connectivity index (χ1v) is 6.63. The maximum Gasteiger partial charge on any atom is 0.303 e. The van der Waals surface area contributed by atoms with Crippen LogP contribution >= 0.6 is 0 Å². The number of hydrogen-bond acceptors (Lipinski definition) is 2. The van der Waals surface area contributed by atoms with Crippen molar-refractivity contribution in [2.75, 3.05) is 13.1 Å². The molecule has 1 aliphatic rings. The van der Waals surface area contributed by atoms with Crippen molar-refractivity contribution in [3.05, 3.63) is 35.4 Å². The predicted octanol–water partition coefficient (Wildman–Crippen LogP) is 2.68. The number of likely N-dealkylation sites (tertiary alicyclic amines) is 1. The number of nitrogens with zero attached hydrogens (tertiary/aromatic N) is 1. The quantitative estimate of drug-likeness (QED) is 0.869. The van der Waals surface area contributed by atoms with Crippen molar-refractivity contribution in [1.29, 1.82) is 0 Å². The van der Waals surface area contributed by atoms with Gasteiger partial charge in [0.1, 0.15) is 0 Å². The number of hydrogen-bond donors (Lipinski definition) is 1. The van der Waals surface area contributed by atoms with E-state index in [2.05, 4.69) is 36.1 Å². The Morgan fingerprint density at radius 2 is 2.11 bits per heavy atom. The van der Waals surface area contributed by atoms with Gasteiger partial charge < -0.3 is 5.11 Å². The summed E-state index contributed by atoms with van der Waals surface area (Å²) >= 11 is 0. The summed E-state index contributed by atoms with van der Waals surface area (Å²) in [5.74, 6) is -0.112. The molecule has 1 atom stereocenters. The second-order valence-corrected chi connectivity index (χ2v) is 5.31. The Labute approximate surface area is 108 Å². The third-order valence-corrected chi connectivity index (χ3v) is 3.66. The molecule has 0 aliphatic carbocycles. The van der Waals surface area contributed by atoms with Crippen LogP contribution in [0.2, 0.25) is 0 Å². The minimum absolute atomic E-state index is 0.309. The smallest absolute Gasteiger partial charge is 0.303 e. The van der Waals surface area contributed by atoms with Gasteiger partial charge in [0.15, 0.2) is 0 Å². The Morgan fingerprint density at radius 1 is 1.39 bits per heavy atom. The first-order chi connectivity index (χ1) is 8.63. The summed E-state index contributed by atoms with van der Waals surface area (Å²) in [4.78, 5) is 13.0. The molecule has 0 radical (unpaired) electrons. The van der Waals surface area contributed by atoms with Crippen LogP contribution in [-0.2, 0) is 11.3 Å². The number of carbonyl (C=O) groups is 1. The monoisotopic (exact) mass is 247 g/mol. The zero-order chi connectivity index (χ0) is 13.0. The lowest BCUT2D eigenvalue weighted by atomic mass is 10.0. The van der Waals surface area contributed by atoms with Gasteiger partial charge in [-0.3, -0.25) is 9.69 Å². The molecule has 0 bridgehead atoms. The van der Waals surface area contributed by atoms with Gasteiger partial charge in [-0.25, -0.2) is 0 Å². The van der Waals surface area contributed by atoms with Gasteiger partial charge in [0.05, 0.1) is 0 Å². The van der Waals surface area contributed by atoms with Crippen LogP contribution in [0.1, 0.15) is 30.4 Å². The first-order valence-electron chi connectivity index (χ1n) is 6.63. The molecule has 1 N–H and O–H groups in total. The van der Waals surface area contributed by atoms with E-state index in [-0.39, 0.29) is 0 Å². The van der Waals surface area contributed by atoms with E-state index in [1.165, 1.54) is 11.1 Å². The van der Waals surface area contributed by atoms with Crippen LogP contribution in [0.3, 0.4) is 0 Å². The van der Waals surface area contributed by atoms with E-state index in [0.29, 0.717) is 12.3 Å². The fraction of sp³-hybridized carbons (Fsp3) is 0.533. The van der Waals surface area contributed by atoms with E-state index in [0.717, 1.165) is 32.5 Å². The Hall–Kier alpha value is -1.35. The van der Waals surface area contributed by atoms with Gasteiger partial charge in [-0.1, -0.05) is 29.8 Å². The lowest BCUT2D eigenvalue weighted by Crippen LogP contribution is -2.20. The zero-order valence-electron chi connectivity index (χ0n) is 10.9. The SMILES string of the molecule is Cc1ccc(CN2CCC(CCC(=O)O)C2)cc1. The highest BCUT2D eigenvalue weighted by atomic mass is 16.4. The molecule has 0 saturated carbocycles. The number of rotatable bonds is 5. The summed E-state index contributed by atoms with van der Waals surface area (Å²) in [7, 11) is 0. The molecule has 2 rings (SSSR count). The molecule has 3 heteroatoms.